The summed E-state index contributed by atoms with van der Waals surface area (Å²) in [5, 5.41) is 11.9. The predicted molar refractivity (Wildman–Crippen MR) is 65.2 cm³/mol. The highest BCUT2D eigenvalue weighted by Crippen LogP contribution is 2.26. The van der Waals surface area contributed by atoms with Crippen LogP contribution in [0.15, 0.2) is 22.7 Å². The summed E-state index contributed by atoms with van der Waals surface area (Å²) in [6, 6.07) is 4.36. The van der Waals surface area contributed by atoms with Gasteiger partial charge in [-0.25, -0.2) is 4.39 Å². The number of amides is 1. The van der Waals surface area contributed by atoms with Crippen molar-refractivity contribution < 1.29 is 14.3 Å². The Morgan fingerprint density at radius 1 is 1.53 bits per heavy atom. The lowest BCUT2D eigenvalue weighted by Gasteiger charge is -2.31. The van der Waals surface area contributed by atoms with Gasteiger partial charge in [0, 0.05) is 6.54 Å². The number of nitrogens with one attached hydrogen (secondary N) is 1. The molecule has 0 atom stereocenters. The van der Waals surface area contributed by atoms with Gasteiger partial charge in [-0.1, -0.05) is 6.07 Å². The summed E-state index contributed by atoms with van der Waals surface area (Å²) in [6.45, 7) is 0.527. The van der Waals surface area contributed by atoms with Crippen molar-refractivity contribution in [2.45, 2.75) is 18.9 Å². The molecule has 5 heteroatoms. The number of aliphatic hydroxyl groups excluding tert-OH is 1. The van der Waals surface area contributed by atoms with Crippen LogP contribution in [-0.4, -0.2) is 23.7 Å². The van der Waals surface area contributed by atoms with Gasteiger partial charge in [0.2, 0.25) is 0 Å². The third-order valence-electron chi connectivity index (χ3n) is 2.96. The van der Waals surface area contributed by atoms with Gasteiger partial charge in [0.15, 0.2) is 0 Å². The zero-order valence-corrected chi connectivity index (χ0v) is 10.7. The van der Waals surface area contributed by atoms with Crippen LogP contribution in [0.1, 0.15) is 23.2 Å². The molecule has 2 N–H and O–H groups in total. The first-order valence-electron chi connectivity index (χ1n) is 5.48. The molecule has 1 saturated carbocycles. The lowest BCUT2D eigenvalue weighted by Crippen LogP contribution is -2.38. The van der Waals surface area contributed by atoms with Crippen molar-refractivity contribution in [1.82, 2.24) is 5.32 Å². The summed E-state index contributed by atoms with van der Waals surface area (Å²) < 4.78 is 13.4. The van der Waals surface area contributed by atoms with Crippen molar-refractivity contribution in [3.8, 4) is 0 Å². The van der Waals surface area contributed by atoms with E-state index in [2.05, 4.69) is 21.2 Å². The second kappa shape index (κ2) is 5.14. The average Bonchev–Trinajstić information content (AvgIpc) is 2.26. The number of hydrogen-bond donors (Lipinski definition) is 2. The molecule has 17 heavy (non-hydrogen) atoms. The topological polar surface area (TPSA) is 49.3 Å². The Balaban J connectivity index is 1.93. The maximum atomic E-state index is 13.2. The summed E-state index contributed by atoms with van der Waals surface area (Å²) in [4.78, 5) is 11.8. The van der Waals surface area contributed by atoms with E-state index in [0.29, 0.717) is 18.0 Å². The second-order valence-electron chi connectivity index (χ2n) is 4.30. The quantitative estimate of drug-likeness (QED) is 0.898. The normalized spacial score (nSPS) is 23.0. The van der Waals surface area contributed by atoms with E-state index in [1.807, 2.05) is 0 Å². The molecular formula is C12H13BrFNO2. The minimum absolute atomic E-state index is 0.186. The fraction of sp³-hybridized carbons (Fsp3) is 0.417. The van der Waals surface area contributed by atoms with Gasteiger partial charge >= 0.3 is 0 Å². The summed E-state index contributed by atoms with van der Waals surface area (Å²) in [7, 11) is 0. The molecule has 0 aliphatic heterocycles. The van der Waals surface area contributed by atoms with Crippen LogP contribution in [0.5, 0.6) is 0 Å². The smallest absolute Gasteiger partial charge is 0.252 e. The van der Waals surface area contributed by atoms with Crippen LogP contribution >= 0.6 is 15.9 Å². The third kappa shape index (κ3) is 2.84. The Labute approximate surface area is 107 Å². The van der Waals surface area contributed by atoms with Crippen molar-refractivity contribution in [3.05, 3.63) is 34.1 Å². The molecule has 0 spiro atoms. The van der Waals surface area contributed by atoms with Gasteiger partial charge in [0.25, 0.3) is 5.91 Å². The maximum Gasteiger partial charge on any atom is 0.252 e. The molecule has 0 aromatic heterocycles. The van der Waals surface area contributed by atoms with Gasteiger partial charge in [-0.05, 0) is 46.8 Å². The fourth-order valence-electron chi connectivity index (χ4n) is 1.88. The highest BCUT2D eigenvalue weighted by Gasteiger charge is 2.27. The Bertz CT molecular complexity index is 433. The Morgan fingerprint density at radius 3 is 2.88 bits per heavy atom. The van der Waals surface area contributed by atoms with Crippen LogP contribution in [-0.2, 0) is 0 Å². The highest BCUT2D eigenvalue weighted by atomic mass is 79.9. The van der Waals surface area contributed by atoms with Gasteiger partial charge in [0.1, 0.15) is 5.82 Å². The van der Waals surface area contributed by atoms with E-state index in [-0.39, 0.29) is 16.5 Å². The lowest BCUT2D eigenvalue weighted by atomic mass is 9.82. The van der Waals surface area contributed by atoms with Crippen LogP contribution in [0, 0.1) is 11.7 Å². The molecule has 1 aromatic rings. The van der Waals surface area contributed by atoms with E-state index < -0.39 is 5.82 Å². The van der Waals surface area contributed by atoms with Gasteiger partial charge < -0.3 is 10.4 Å². The van der Waals surface area contributed by atoms with Crippen LogP contribution < -0.4 is 5.32 Å². The SMILES string of the molecule is O=C(NCC1CC(O)C1)c1cccc(F)c1Br. The standard InChI is InChI=1S/C12H13BrFNO2/c13-11-9(2-1-3-10(11)14)12(17)15-6-7-4-8(16)5-7/h1-3,7-8,16H,4-6H2,(H,15,17). The van der Waals surface area contributed by atoms with Gasteiger partial charge in [-0.3, -0.25) is 4.79 Å². The predicted octanol–water partition coefficient (Wildman–Crippen LogP) is 2.09. The molecule has 0 radical (unpaired) electrons. The molecule has 0 heterocycles. The molecule has 0 bridgehead atoms. The van der Waals surface area contributed by atoms with E-state index in [9.17, 15) is 9.18 Å². The molecule has 1 aromatic carbocycles. The van der Waals surface area contributed by atoms with E-state index in [1.54, 1.807) is 6.07 Å². The molecular weight excluding hydrogens is 289 g/mol. The summed E-state index contributed by atoms with van der Waals surface area (Å²) in [6.07, 6.45) is 1.23. The number of carbonyl (C=O) groups excluding carboxylic acids is 1. The van der Waals surface area contributed by atoms with Crippen molar-refractivity contribution in [2.24, 2.45) is 5.92 Å². The Hall–Kier alpha value is -0.940. The Kier molecular flexibility index (Phi) is 3.79. The van der Waals surface area contributed by atoms with Gasteiger partial charge in [0.05, 0.1) is 16.1 Å². The fourth-order valence-corrected chi connectivity index (χ4v) is 2.32. The van der Waals surface area contributed by atoms with E-state index >= 15 is 0 Å². The molecule has 1 fully saturated rings. The van der Waals surface area contributed by atoms with Crippen LogP contribution in [0.25, 0.3) is 0 Å². The largest absolute Gasteiger partial charge is 0.393 e. The minimum atomic E-state index is -0.447. The zero-order valence-electron chi connectivity index (χ0n) is 9.12. The second-order valence-corrected chi connectivity index (χ2v) is 5.10. The summed E-state index contributed by atoms with van der Waals surface area (Å²) in [5.41, 5.74) is 0.296. The van der Waals surface area contributed by atoms with Crippen molar-refractivity contribution in [2.75, 3.05) is 6.54 Å². The highest BCUT2D eigenvalue weighted by molar-refractivity contribution is 9.10. The molecule has 92 valence electrons. The van der Waals surface area contributed by atoms with E-state index in [4.69, 9.17) is 5.11 Å². The minimum Gasteiger partial charge on any atom is -0.393 e. The summed E-state index contributed by atoms with van der Waals surface area (Å²) >= 11 is 3.05. The number of aliphatic hydroxyl groups is 1. The molecule has 1 amide bonds. The van der Waals surface area contributed by atoms with Crippen molar-refractivity contribution >= 4 is 21.8 Å². The number of halogens is 2. The third-order valence-corrected chi connectivity index (χ3v) is 3.76. The van der Waals surface area contributed by atoms with Crippen LogP contribution in [0.2, 0.25) is 0 Å². The first-order valence-corrected chi connectivity index (χ1v) is 6.27. The van der Waals surface area contributed by atoms with Crippen molar-refractivity contribution in [3.63, 3.8) is 0 Å². The first kappa shape index (κ1) is 12.5. The molecule has 0 unspecified atom stereocenters. The van der Waals surface area contributed by atoms with Crippen LogP contribution in [0.4, 0.5) is 4.39 Å². The molecule has 0 saturated heterocycles. The number of carbonyl (C=O) groups is 1. The molecule has 1 aliphatic rings. The maximum absolute atomic E-state index is 13.2. The lowest BCUT2D eigenvalue weighted by molar-refractivity contribution is 0.0420. The zero-order chi connectivity index (χ0) is 12.4. The number of benzene rings is 1. The summed E-state index contributed by atoms with van der Waals surface area (Å²) in [5.74, 6) is -0.407. The van der Waals surface area contributed by atoms with E-state index in [0.717, 1.165) is 12.8 Å². The number of hydrogen-bond acceptors (Lipinski definition) is 2. The van der Waals surface area contributed by atoms with Gasteiger partial charge in [-0.15, -0.1) is 0 Å². The number of rotatable bonds is 3. The van der Waals surface area contributed by atoms with E-state index in [1.165, 1.54) is 12.1 Å². The molecule has 1 aliphatic carbocycles. The molecule has 2 rings (SSSR count). The molecule has 3 nitrogen and oxygen atoms in total. The average molecular weight is 302 g/mol. The monoisotopic (exact) mass is 301 g/mol. The van der Waals surface area contributed by atoms with Gasteiger partial charge in [-0.2, -0.15) is 0 Å². The Morgan fingerprint density at radius 2 is 2.24 bits per heavy atom. The van der Waals surface area contributed by atoms with Crippen molar-refractivity contribution in [1.29, 1.82) is 0 Å². The van der Waals surface area contributed by atoms with Crippen LogP contribution in [0.3, 0.4) is 0 Å². The first-order chi connectivity index (χ1) is 8.08.